The molecule has 11 nitrogen and oxygen atoms in total. The van der Waals surface area contributed by atoms with Crippen molar-refractivity contribution in [2.75, 3.05) is 13.1 Å². The Balaban J connectivity index is 4.53. The molecule has 0 aliphatic rings. The second kappa shape index (κ2) is 20.9. The van der Waals surface area contributed by atoms with Gasteiger partial charge in [-0.1, -0.05) is 6.92 Å². The Kier molecular flexibility index (Phi) is 19.2. The summed E-state index contributed by atoms with van der Waals surface area (Å²) in [6.07, 6.45) is 10.7. The SMILES string of the molecule is BC(NC(C)CC)C(=O)NCCCC[C@H](NC(C)=O)C(=O)N[C@@H](CCCCNC(=O)CCCC#C)C(N)=O. The molecule has 0 aliphatic carbocycles. The smallest absolute Gasteiger partial charge is 0.243 e. The quantitative estimate of drug-likeness (QED) is 0.0639. The Labute approximate surface area is 228 Å². The van der Waals surface area contributed by atoms with E-state index >= 15 is 0 Å². The molecule has 0 spiro atoms. The van der Waals surface area contributed by atoms with Gasteiger partial charge in [-0.25, -0.2) is 0 Å². The first-order chi connectivity index (χ1) is 18.0. The molecule has 5 amide bonds. The minimum Gasteiger partial charge on any atom is -0.368 e. The Bertz CT molecular complexity index is 803. The number of hydrogen-bond donors (Lipinski definition) is 6. The van der Waals surface area contributed by atoms with Crippen LogP contribution in [0, 0.1) is 12.3 Å². The normalized spacial score (nSPS) is 13.7. The van der Waals surface area contributed by atoms with Crippen molar-refractivity contribution in [3.05, 3.63) is 0 Å². The van der Waals surface area contributed by atoms with Gasteiger partial charge in [0.25, 0.3) is 0 Å². The maximum Gasteiger partial charge on any atom is 0.243 e. The fourth-order valence-corrected chi connectivity index (χ4v) is 3.67. The van der Waals surface area contributed by atoms with Crippen molar-refractivity contribution in [3.63, 3.8) is 0 Å². The van der Waals surface area contributed by atoms with Gasteiger partial charge in [0.15, 0.2) is 0 Å². The Morgan fingerprint density at radius 2 is 1.50 bits per heavy atom. The van der Waals surface area contributed by atoms with Gasteiger partial charge in [0.1, 0.15) is 19.9 Å². The zero-order valence-corrected chi connectivity index (χ0v) is 23.5. The van der Waals surface area contributed by atoms with E-state index in [0.29, 0.717) is 70.9 Å². The van der Waals surface area contributed by atoms with E-state index in [1.807, 2.05) is 21.7 Å². The van der Waals surface area contributed by atoms with Crippen molar-refractivity contribution in [1.29, 1.82) is 0 Å². The number of carbonyl (C=O) groups excluding carboxylic acids is 5. The standard InChI is InChI=1S/C26H47BN6O5/c1-5-7-8-15-22(35)29-16-11-9-13-20(24(28)36)33-25(37)21(32-19(4)34)14-10-12-17-30-26(38)23(27)31-18(3)6-2/h1,18,20-21,23,31H,6-17,27H2,2-4H3,(H2,28,36)(H,29,35)(H,30,38)(H,32,34)(H,33,37)/t18?,20-,21-,23?/m0/s1. The van der Waals surface area contributed by atoms with Crippen LogP contribution in [0.5, 0.6) is 0 Å². The molecule has 7 N–H and O–H groups in total. The van der Waals surface area contributed by atoms with Gasteiger partial charge in [0, 0.05) is 38.9 Å². The second-order valence-corrected chi connectivity index (χ2v) is 9.60. The molecule has 0 aliphatic heterocycles. The molecule has 0 aromatic rings. The van der Waals surface area contributed by atoms with Gasteiger partial charge in [-0.05, 0) is 58.3 Å². The maximum absolute atomic E-state index is 12.8. The fourth-order valence-electron chi connectivity index (χ4n) is 3.67. The molecular formula is C26H47BN6O5. The van der Waals surface area contributed by atoms with E-state index in [1.54, 1.807) is 0 Å². The monoisotopic (exact) mass is 534 g/mol. The van der Waals surface area contributed by atoms with Gasteiger partial charge in [-0.15, -0.1) is 12.3 Å². The fraction of sp³-hybridized carbons (Fsp3) is 0.731. The van der Waals surface area contributed by atoms with Crippen LogP contribution in [-0.4, -0.2) is 74.5 Å². The van der Waals surface area contributed by atoms with E-state index in [-0.39, 0.29) is 29.7 Å². The molecule has 12 heteroatoms. The molecule has 0 heterocycles. The highest BCUT2D eigenvalue weighted by Gasteiger charge is 2.24. The first-order valence-corrected chi connectivity index (χ1v) is 13.6. The molecular weight excluding hydrogens is 487 g/mol. The first-order valence-electron chi connectivity index (χ1n) is 13.6. The van der Waals surface area contributed by atoms with Gasteiger partial charge < -0.3 is 32.3 Å². The summed E-state index contributed by atoms with van der Waals surface area (Å²) < 4.78 is 0. The average Bonchev–Trinajstić information content (AvgIpc) is 2.86. The van der Waals surface area contributed by atoms with E-state index in [4.69, 9.17) is 12.2 Å². The molecule has 0 fully saturated rings. The number of terminal acetylenes is 1. The Morgan fingerprint density at radius 3 is 2.05 bits per heavy atom. The number of unbranched alkanes of at least 4 members (excludes halogenated alkanes) is 3. The summed E-state index contributed by atoms with van der Waals surface area (Å²) in [4.78, 5) is 60.2. The van der Waals surface area contributed by atoms with Crippen molar-refractivity contribution in [2.45, 2.75) is 109 Å². The molecule has 0 aromatic carbocycles. The lowest BCUT2D eigenvalue weighted by atomic mass is 9.94. The maximum atomic E-state index is 12.8. The van der Waals surface area contributed by atoms with Gasteiger partial charge in [-0.2, -0.15) is 0 Å². The summed E-state index contributed by atoms with van der Waals surface area (Å²) in [7, 11) is 1.81. The van der Waals surface area contributed by atoms with Crippen LogP contribution in [0.15, 0.2) is 0 Å². The van der Waals surface area contributed by atoms with Crippen LogP contribution in [0.4, 0.5) is 0 Å². The average molecular weight is 535 g/mol. The molecule has 0 rings (SSSR count). The summed E-state index contributed by atoms with van der Waals surface area (Å²) in [6.45, 7) is 6.28. The van der Waals surface area contributed by atoms with E-state index in [9.17, 15) is 24.0 Å². The van der Waals surface area contributed by atoms with Crippen LogP contribution in [0.25, 0.3) is 0 Å². The third kappa shape index (κ3) is 17.4. The molecule has 2 unspecified atom stereocenters. The number of nitrogens with one attached hydrogen (secondary N) is 5. The van der Waals surface area contributed by atoms with Crippen molar-refractivity contribution < 1.29 is 24.0 Å². The van der Waals surface area contributed by atoms with Crippen molar-refractivity contribution in [1.82, 2.24) is 26.6 Å². The number of rotatable bonds is 21. The summed E-state index contributed by atoms with van der Waals surface area (Å²) >= 11 is 0. The number of amides is 5. The van der Waals surface area contributed by atoms with E-state index in [1.165, 1.54) is 6.92 Å². The van der Waals surface area contributed by atoms with Crippen LogP contribution in [0.1, 0.15) is 85.0 Å². The van der Waals surface area contributed by atoms with Crippen molar-refractivity contribution in [2.24, 2.45) is 5.73 Å². The molecule has 214 valence electrons. The zero-order chi connectivity index (χ0) is 28.9. The predicted octanol–water partition coefficient (Wildman–Crippen LogP) is -0.815. The zero-order valence-electron chi connectivity index (χ0n) is 23.5. The predicted molar refractivity (Wildman–Crippen MR) is 150 cm³/mol. The number of carbonyl (C=O) groups is 5. The summed E-state index contributed by atoms with van der Waals surface area (Å²) in [5, 5.41) is 14.1. The number of hydrogen-bond acceptors (Lipinski definition) is 6. The molecule has 0 saturated heterocycles. The van der Waals surface area contributed by atoms with Crippen molar-refractivity contribution in [3.8, 4) is 12.3 Å². The lowest BCUT2D eigenvalue weighted by molar-refractivity contribution is -0.131. The van der Waals surface area contributed by atoms with Crippen LogP contribution >= 0.6 is 0 Å². The van der Waals surface area contributed by atoms with E-state index < -0.39 is 23.9 Å². The Morgan fingerprint density at radius 1 is 0.895 bits per heavy atom. The third-order valence-electron chi connectivity index (χ3n) is 6.08. The Hall–Kier alpha value is -3.07. The minimum absolute atomic E-state index is 0.0741. The molecule has 38 heavy (non-hydrogen) atoms. The molecule has 0 aromatic heterocycles. The van der Waals surface area contributed by atoms with Crippen LogP contribution in [0.3, 0.4) is 0 Å². The number of nitrogens with two attached hydrogens (primary N) is 1. The highest BCUT2D eigenvalue weighted by Crippen LogP contribution is 2.05. The summed E-state index contributed by atoms with van der Waals surface area (Å²) in [6, 6.07) is -1.46. The van der Waals surface area contributed by atoms with Crippen LogP contribution in [0.2, 0.25) is 0 Å². The van der Waals surface area contributed by atoms with Gasteiger partial charge in [0.05, 0.1) is 5.94 Å². The second-order valence-electron chi connectivity index (χ2n) is 9.60. The molecule has 0 radical (unpaired) electrons. The molecule has 0 bridgehead atoms. The number of primary amides is 1. The van der Waals surface area contributed by atoms with Crippen LogP contribution < -0.4 is 32.3 Å². The lowest BCUT2D eigenvalue weighted by Crippen LogP contribution is -2.52. The van der Waals surface area contributed by atoms with Gasteiger partial charge in [0.2, 0.25) is 29.5 Å². The molecule has 0 saturated carbocycles. The van der Waals surface area contributed by atoms with Gasteiger partial charge in [-0.3, -0.25) is 24.0 Å². The van der Waals surface area contributed by atoms with E-state index in [0.717, 1.165) is 6.42 Å². The first kappa shape index (κ1) is 34.9. The topological polar surface area (TPSA) is 172 Å². The lowest BCUT2D eigenvalue weighted by Gasteiger charge is -2.22. The highest BCUT2D eigenvalue weighted by molar-refractivity contribution is 6.23. The highest BCUT2D eigenvalue weighted by atomic mass is 16.2. The summed E-state index contributed by atoms with van der Waals surface area (Å²) in [5.74, 6) is 0.509. The molecule has 4 atom stereocenters. The largest absolute Gasteiger partial charge is 0.368 e. The van der Waals surface area contributed by atoms with E-state index in [2.05, 4.69) is 32.5 Å². The summed E-state index contributed by atoms with van der Waals surface area (Å²) in [5.41, 5.74) is 5.48. The van der Waals surface area contributed by atoms with Crippen LogP contribution in [-0.2, 0) is 24.0 Å². The van der Waals surface area contributed by atoms with Gasteiger partial charge >= 0.3 is 0 Å². The van der Waals surface area contributed by atoms with Crippen molar-refractivity contribution >= 4 is 37.4 Å². The third-order valence-corrected chi connectivity index (χ3v) is 6.08. The minimum atomic E-state index is -0.885.